The van der Waals surface area contributed by atoms with Crippen molar-refractivity contribution in [2.24, 2.45) is 5.92 Å². The summed E-state index contributed by atoms with van der Waals surface area (Å²) in [6.07, 6.45) is 0.951. The molecule has 35 heavy (non-hydrogen) atoms. The van der Waals surface area contributed by atoms with Gasteiger partial charge in [0.25, 0.3) is 5.56 Å². The van der Waals surface area contributed by atoms with Gasteiger partial charge in [-0.05, 0) is 52.9 Å². The molecule has 0 spiro atoms. The SMILES string of the molecule is CC(C)CC(O)C#Cc1sc2ncn(CC(=O)N3CC(C)(F)C3)c(=O)c2c1-c1ccc(F)c(Br)c1. The van der Waals surface area contributed by atoms with Crippen LogP contribution in [0.25, 0.3) is 21.3 Å². The molecule has 4 rings (SSSR count). The van der Waals surface area contributed by atoms with Crippen LogP contribution < -0.4 is 5.56 Å². The number of benzene rings is 1. The Morgan fingerprint density at radius 2 is 2.09 bits per heavy atom. The molecule has 1 atom stereocenters. The Bertz CT molecular complexity index is 1410. The number of hydrogen-bond donors (Lipinski definition) is 1. The summed E-state index contributed by atoms with van der Waals surface area (Å²) in [5, 5.41) is 10.5. The Labute approximate surface area is 213 Å². The highest BCUT2D eigenvalue weighted by Gasteiger charge is 2.41. The molecule has 2 aromatic heterocycles. The highest BCUT2D eigenvalue weighted by molar-refractivity contribution is 9.10. The topological polar surface area (TPSA) is 75.4 Å². The highest BCUT2D eigenvalue weighted by Crippen LogP contribution is 2.37. The molecular formula is C25H24BrF2N3O3S. The van der Waals surface area contributed by atoms with Crippen molar-refractivity contribution in [2.75, 3.05) is 13.1 Å². The molecule has 1 aromatic carbocycles. The third-order valence-electron chi connectivity index (χ3n) is 5.63. The van der Waals surface area contributed by atoms with Gasteiger partial charge in [-0.15, -0.1) is 11.3 Å². The van der Waals surface area contributed by atoms with Crippen LogP contribution in [0.2, 0.25) is 0 Å². The number of halogens is 3. The van der Waals surface area contributed by atoms with Gasteiger partial charge in [-0.1, -0.05) is 31.8 Å². The molecule has 0 radical (unpaired) electrons. The van der Waals surface area contributed by atoms with E-state index in [4.69, 9.17) is 0 Å². The van der Waals surface area contributed by atoms with E-state index in [0.29, 0.717) is 27.3 Å². The van der Waals surface area contributed by atoms with Crippen LogP contribution in [0.4, 0.5) is 8.78 Å². The van der Waals surface area contributed by atoms with Crippen LogP contribution in [0, 0.1) is 23.6 Å². The summed E-state index contributed by atoms with van der Waals surface area (Å²) < 4.78 is 29.2. The van der Waals surface area contributed by atoms with Gasteiger partial charge in [-0.3, -0.25) is 14.2 Å². The first-order chi connectivity index (χ1) is 16.4. The van der Waals surface area contributed by atoms with Crippen molar-refractivity contribution >= 4 is 43.4 Å². The van der Waals surface area contributed by atoms with Gasteiger partial charge in [0, 0.05) is 5.56 Å². The average Bonchev–Trinajstić information content (AvgIpc) is 3.13. The Balaban J connectivity index is 1.80. The van der Waals surface area contributed by atoms with Gasteiger partial charge in [0.05, 0.1) is 34.2 Å². The Kier molecular flexibility index (Phi) is 7.13. The summed E-state index contributed by atoms with van der Waals surface area (Å²) >= 11 is 4.38. The first kappa shape index (κ1) is 25.5. The fraction of sp³-hybridized carbons (Fsp3) is 0.400. The minimum absolute atomic E-state index is 0.0119. The maximum absolute atomic E-state index is 13.9. The lowest BCUT2D eigenvalue weighted by molar-refractivity contribution is -0.144. The lowest BCUT2D eigenvalue weighted by Crippen LogP contribution is -2.60. The van der Waals surface area contributed by atoms with E-state index in [-0.39, 0.29) is 41.3 Å². The van der Waals surface area contributed by atoms with Crippen LogP contribution in [-0.2, 0) is 11.3 Å². The van der Waals surface area contributed by atoms with Crippen LogP contribution in [-0.4, -0.2) is 50.3 Å². The lowest BCUT2D eigenvalue weighted by Gasteiger charge is -2.42. The smallest absolute Gasteiger partial charge is 0.263 e. The van der Waals surface area contributed by atoms with Crippen LogP contribution >= 0.6 is 27.3 Å². The number of rotatable bonds is 5. The summed E-state index contributed by atoms with van der Waals surface area (Å²) in [5.74, 6) is 5.23. The van der Waals surface area contributed by atoms with Crippen LogP contribution in [0.1, 0.15) is 32.1 Å². The van der Waals surface area contributed by atoms with E-state index < -0.39 is 23.1 Å². The zero-order chi connectivity index (χ0) is 25.5. The molecule has 1 aliphatic heterocycles. The lowest BCUT2D eigenvalue weighted by atomic mass is 9.99. The van der Waals surface area contributed by atoms with Crippen molar-refractivity contribution in [2.45, 2.75) is 45.5 Å². The number of carbonyl (C=O) groups excluding carboxylic acids is 1. The first-order valence-corrected chi connectivity index (χ1v) is 12.7. The van der Waals surface area contributed by atoms with Gasteiger partial charge in [-0.2, -0.15) is 0 Å². The van der Waals surface area contributed by atoms with Gasteiger partial charge in [0.15, 0.2) is 0 Å². The average molecular weight is 564 g/mol. The second-order valence-corrected chi connectivity index (χ2v) is 11.2. The molecule has 0 aliphatic carbocycles. The highest BCUT2D eigenvalue weighted by atomic mass is 79.9. The van der Waals surface area contributed by atoms with E-state index in [1.54, 1.807) is 12.1 Å². The summed E-state index contributed by atoms with van der Waals surface area (Å²) in [6, 6.07) is 4.38. The number of likely N-dealkylation sites (tertiary alicyclic amines) is 1. The second kappa shape index (κ2) is 9.80. The minimum atomic E-state index is -1.41. The van der Waals surface area contributed by atoms with Gasteiger partial charge >= 0.3 is 0 Å². The number of thiophene rings is 1. The van der Waals surface area contributed by atoms with Crippen molar-refractivity contribution in [3.05, 3.63) is 50.0 Å². The third-order valence-corrected chi connectivity index (χ3v) is 7.25. The molecule has 3 aromatic rings. The normalized spacial score (nSPS) is 15.6. The number of aromatic nitrogens is 2. The predicted molar refractivity (Wildman–Crippen MR) is 135 cm³/mol. The number of aliphatic hydroxyl groups is 1. The number of nitrogens with zero attached hydrogens (tertiary/aromatic N) is 3. The summed E-state index contributed by atoms with van der Waals surface area (Å²) in [5.41, 5.74) is -0.845. The maximum Gasteiger partial charge on any atom is 0.263 e. The number of amides is 1. The molecular weight excluding hydrogens is 540 g/mol. The van der Waals surface area contributed by atoms with Crippen molar-refractivity contribution < 1.29 is 18.7 Å². The summed E-state index contributed by atoms with van der Waals surface area (Å²) in [4.78, 5) is 32.7. The fourth-order valence-electron chi connectivity index (χ4n) is 3.98. The molecule has 0 bridgehead atoms. The van der Waals surface area contributed by atoms with Crippen LogP contribution in [0.3, 0.4) is 0 Å². The molecule has 1 fully saturated rings. The molecule has 1 amide bonds. The van der Waals surface area contributed by atoms with E-state index >= 15 is 0 Å². The largest absolute Gasteiger partial charge is 0.380 e. The molecule has 1 aliphatic rings. The van der Waals surface area contributed by atoms with Gasteiger partial charge in [-0.25, -0.2) is 13.8 Å². The first-order valence-electron chi connectivity index (χ1n) is 11.1. The quantitative estimate of drug-likeness (QED) is 0.468. The zero-order valence-electron chi connectivity index (χ0n) is 19.4. The van der Waals surface area contributed by atoms with Gasteiger partial charge in [0.2, 0.25) is 5.91 Å². The van der Waals surface area contributed by atoms with Crippen molar-refractivity contribution in [1.29, 1.82) is 0 Å². The maximum atomic E-state index is 13.9. The van der Waals surface area contributed by atoms with E-state index in [9.17, 15) is 23.5 Å². The molecule has 184 valence electrons. The Hall–Kier alpha value is -2.61. The van der Waals surface area contributed by atoms with Gasteiger partial charge in [0.1, 0.15) is 29.0 Å². The Morgan fingerprint density at radius 1 is 1.37 bits per heavy atom. The standard InChI is InChI=1S/C25H24BrF2N3O3S/c1-14(2)8-16(32)5-7-19-21(15-4-6-18(27)17(26)9-15)22-23(35-19)29-13-30(24(22)34)10-20(33)31-11-25(3,28)12-31/h4,6,9,13-14,16,32H,8,10-12H2,1-3H3. The molecule has 1 saturated heterocycles. The zero-order valence-corrected chi connectivity index (χ0v) is 21.8. The number of carbonyl (C=O) groups is 1. The second-order valence-electron chi connectivity index (χ2n) is 9.37. The summed E-state index contributed by atoms with van der Waals surface area (Å²) in [6.45, 7) is 5.09. The van der Waals surface area contributed by atoms with E-state index in [1.165, 1.54) is 40.1 Å². The van der Waals surface area contributed by atoms with Gasteiger partial charge < -0.3 is 10.0 Å². The van der Waals surface area contributed by atoms with Crippen molar-refractivity contribution in [3.8, 4) is 23.0 Å². The predicted octanol–water partition coefficient (Wildman–Crippen LogP) is 4.36. The monoisotopic (exact) mass is 563 g/mol. The van der Waals surface area contributed by atoms with Crippen molar-refractivity contribution in [3.63, 3.8) is 0 Å². The van der Waals surface area contributed by atoms with Crippen molar-refractivity contribution in [1.82, 2.24) is 14.5 Å². The van der Waals surface area contributed by atoms with E-state index in [2.05, 4.69) is 32.8 Å². The molecule has 1 unspecified atom stereocenters. The molecule has 1 N–H and O–H groups in total. The number of alkyl halides is 1. The number of fused-ring (bicyclic) bond motifs is 1. The number of hydrogen-bond acceptors (Lipinski definition) is 5. The fourth-order valence-corrected chi connectivity index (χ4v) is 5.38. The third kappa shape index (κ3) is 5.47. The summed E-state index contributed by atoms with van der Waals surface area (Å²) in [7, 11) is 0. The van der Waals surface area contributed by atoms with E-state index in [0.717, 1.165) is 0 Å². The molecule has 6 nitrogen and oxygen atoms in total. The molecule has 10 heteroatoms. The minimum Gasteiger partial charge on any atom is -0.380 e. The molecule has 0 saturated carbocycles. The number of aliphatic hydroxyl groups excluding tert-OH is 1. The van der Waals surface area contributed by atoms with E-state index in [1.807, 2.05) is 13.8 Å². The Morgan fingerprint density at radius 3 is 2.71 bits per heavy atom. The van der Waals surface area contributed by atoms with Crippen LogP contribution in [0.15, 0.2) is 33.8 Å². The van der Waals surface area contributed by atoms with Crippen LogP contribution in [0.5, 0.6) is 0 Å². The molecule has 3 heterocycles.